The van der Waals surface area contributed by atoms with E-state index in [-0.39, 0.29) is 11.1 Å². The van der Waals surface area contributed by atoms with Gasteiger partial charge in [-0.05, 0) is 6.92 Å². The van der Waals surface area contributed by atoms with Gasteiger partial charge in [-0.1, -0.05) is 0 Å². The van der Waals surface area contributed by atoms with Gasteiger partial charge in [-0.3, -0.25) is 0 Å². The highest BCUT2D eigenvalue weighted by Gasteiger charge is 2.18. The normalized spacial score (nSPS) is 9.79. The topological polar surface area (TPSA) is 105 Å². The summed E-state index contributed by atoms with van der Waals surface area (Å²) in [6.45, 7) is 1.26. The molecule has 0 saturated heterocycles. The SMILES string of the molecule is Cc1c(C(=O)O)cc(=O)oc1C(=O)O. The molecule has 74 valence electrons. The molecule has 0 aromatic carbocycles. The third-order valence-electron chi connectivity index (χ3n) is 1.63. The van der Waals surface area contributed by atoms with Gasteiger partial charge in [-0.2, -0.15) is 0 Å². The lowest BCUT2D eigenvalue weighted by Crippen LogP contribution is -2.13. The van der Waals surface area contributed by atoms with Crippen molar-refractivity contribution in [3.8, 4) is 0 Å². The van der Waals surface area contributed by atoms with Crippen LogP contribution in [0.25, 0.3) is 0 Å². The van der Waals surface area contributed by atoms with E-state index in [1.165, 1.54) is 6.92 Å². The van der Waals surface area contributed by atoms with Crippen molar-refractivity contribution in [2.75, 3.05) is 0 Å². The maximum Gasteiger partial charge on any atom is 0.372 e. The molecule has 0 spiro atoms. The van der Waals surface area contributed by atoms with E-state index in [9.17, 15) is 14.4 Å². The second kappa shape index (κ2) is 3.33. The Morgan fingerprint density at radius 3 is 2.29 bits per heavy atom. The fourth-order valence-corrected chi connectivity index (χ4v) is 0.981. The van der Waals surface area contributed by atoms with Crippen molar-refractivity contribution in [3.05, 3.63) is 33.4 Å². The molecule has 1 rings (SSSR count). The van der Waals surface area contributed by atoms with Crippen LogP contribution in [0.15, 0.2) is 15.3 Å². The molecule has 0 aliphatic rings. The maximum atomic E-state index is 10.8. The number of aromatic carboxylic acids is 2. The molecule has 0 bridgehead atoms. The lowest BCUT2D eigenvalue weighted by Gasteiger charge is -2.01. The minimum absolute atomic E-state index is 0.0791. The Bertz CT molecular complexity index is 417. The van der Waals surface area contributed by atoms with Crippen molar-refractivity contribution in [1.29, 1.82) is 0 Å². The van der Waals surface area contributed by atoms with Gasteiger partial charge in [-0.15, -0.1) is 0 Å². The lowest BCUT2D eigenvalue weighted by molar-refractivity contribution is 0.0654. The molecule has 0 radical (unpaired) electrons. The number of carboxylic acids is 2. The minimum atomic E-state index is -1.47. The minimum Gasteiger partial charge on any atom is -0.478 e. The number of hydrogen-bond donors (Lipinski definition) is 2. The van der Waals surface area contributed by atoms with Crippen LogP contribution in [0.3, 0.4) is 0 Å². The van der Waals surface area contributed by atoms with Gasteiger partial charge in [0.1, 0.15) is 0 Å². The number of carboxylic acid groups (broad SMARTS) is 2. The summed E-state index contributed by atoms with van der Waals surface area (Å²) in [5.41, 5.74) is -1.44. The van der Waals surface area contributed by atoms with Crippen LogP contribution < -0.4 is 5.63 Å². The van der Waals surface area contributed by atoms with E-state index in [0.29, 0.717) is 0 Å². The van der Waals surface area contributed by atoms with E-state index in [0.717, 1.165) is 6.07 Å². The van der Waals surface area contributed by atoms with Gasteiger partial charge in [0.05, 0.1) is 5.56 Å². The van der Waals surface area contributed by atoms with Gasteiger partial charge in [0.2, 0.25) is 5.76 Å². The van der Waals surface area contributed by atoms with E-state index < -0.39 is 23.3 Å². The molecule has 14 heavy (non-hydrogen) atoms. The van der Waals surface area contributed by atoms with Gasteiger partial charge < -0.3 is 14.6 Å². The summed E-state index contributed by atoms with van der Waals surface area (Å²) in [6, 6.07) is 0.740. The van der Waals surface area contributed by atoms with Crippen molar-refractivity contribution in [1.82, 2.24) is 0 Å². The Labute approximate surface area is 77.4 Å². The van der Waals surface area contributed by atoms with Crippen LogP contribution in [0, 0.1) is 6.92 Å². The first-order valence-corrected chi connectivity index (χ1v) is 3.55. The molecular weight excluding hydrogens is 192 g/mol. The Balaban J connectivity index is 3.56. The maximum absolute atomic E-state index is 10.8. The molecule has 0 amide bonds. The summed E-state index contributed by atoms with van der Waals surface area (Å²) in [6.07, 6.45) is 0. The highest BCUT2D eigenvalue weighted by molar-refractivity contribution is 5.94. The standard InChI is InChI=1S/C8H6O6/c1-3-4(7(10)11)2-5(9)14-6(3)8(12)13/h2H,1H3,(H,10,11)(H,12,13). The molecule has 0 fully saturated rings. The second-order valence-corrected chi connectivity index (χ2v) is 2.54. The summed E-state index contributed by atoms with van der Waals surface area (Å²) in [7, 11) is 0. The lowest BCUT2D eigenvalue weighted by atomic mass is 10.1. The van der Waals surface area contributed by atoms with Crippen LogP contribution in [0.4, 0.5) is 0 Å². The van der Waals surface area contributed by atoms with Crippen molar-refractivity contribution in [3.63, 3.8) is 0 Å². The zero-order valence-electron chi connectivity index (χ0n) is 7.10. The number of carbonyl (C=O) groups is 2. The summed E-state index contributed by atoms with van der Waals surface area (Å²) < 4.78 is 4.34. The molecule has 0 aliphatic heterocycles. The molecule has 1 aromatic heterocycles. The predicted octanol–water partition coefficient (Wildman–Crippen LogP) is 0.345. The highest BCUT2D eigenvalue weighted by atomic mass is 16.4. The van der Waals surface area contributed by atoms with Crippen LogP contribution in [-0.4, -0.2) is 22.2 Å². The predicted molar refractivity (Wildman–Crippen MR) is 43.6 cm³/mol. The van der Waals surface area contributed by atoms with Gasteiger partial charge in [0.25, 0.3) is 0 Å². The molecule has 1 heterocycles. The Hall–Kier alpha value is -2.11. The van der Waals surface area contributed by atoms with Crippen LogP contribution in [0.2, 0.25) is 0 Å². The van der Waals surface area contributed by atoms with Crippen LogP contribution in [0.1, 0.15) is 26.5 Å². The number of hydrogen-bond acceptors (Lipinski definition) is 4. The van der Waals surface area contributed by atoms with E-state index in [4.69, 9.17) is 10.2 Å². The molecule has 6 heteroatoms. The van der Waals surface area contributed by atoms with Gasteiger partial charge in [0.15, 0.2) is 0 Å². The molecule has 0 saturated carbocycles. The zero-order valence-corrected chi connectivity index (χ0v) is 7.10. The summed E-state index contributed by atoms with van der Waals surface area (Å²) >= 11 is 0. The van der Waals surface area contributed by atoms with Crippen molar-refractivity contribution in [2.45, 2.75) is 6.92 Å². The first kappa shape index (κ1) is 9.97. The molecule has 0 unspecified atom stereocenters. The van der Waals surface area contributed by atoms with Crippen LogP contribution in [-0.2, 0) is 0 Å². The summed E-state index contributed by atoms with van der Waals surface area (Å²) in [5, 5.41) is 17.2. The van der Waals surface area contributed by atoms with Gasteiger partial charge in [0, 0.05) is 11.6 Å². The molecule has 6 nitrogen and oxygen atoms in total. The Morgan fingerprint density at radius 2 is 1.86 bits per heavy atom. The third-order valence-corrected chi connectivity index (χ3v) is 1.63. The average Bonchev–Trinajstić information content (AvgIpc) is 2.07. The fraction of sp³-hybridized carbons (Fsp3) is 0.125. The van der Waals surface area contributed by atoms with Gasteiger partial charge in [-0.25, -0.2) is 14.4 Å². The van der Waals surface area contributed by atoms with E-state index >= 15 is 0 Å². The van der Waals surface area contributed by atoms with Gasteiger partial charge >= 0.3 is 17.6 Å². The van der Waals surface area contributed by atoms with Crippen molar-refractivity contribution >= 4 is 11.9 Å². The smallest absolute Gasteiger partial charge is 0.372 e. The monoisotopic (exact) mass is 198 g/mol. The summed E-state index contributed by atoms with van der Waals surface area (Å²) in [4.78, 5) is 31.9. The average molecular weight is 198 g/mol. The van der Waals surface area contributed by atoms with Crippen LogP contribution in [0.5, 0.6) is 0 Å². The molecule has 2 N–H and O–H groups in total. The Morgan fingerprint density at radius 1 is 1.29 bits per heavy atom. The second-order valence-electron chi connectivity index (χ2n) is 2.54. The zero-order chi connectivity index (χ0) is 10.9. The van der Waals surface area contributed by atoms with Crippen molar-refractivity contribution in [2.24, 2.45) is 0 Å². The quantitative estimate of drug-likeness (QED) is 0.710. The molecule has 0 atom stereocenters. The van der Waals surface area contributed by atoms with E-state index in [2.05, 4.69) is 4.42 Å². The van der Waals surface area contributed by atoms with Crippen molar-refractivity contribution < 1.29 is 24.2 Å². The highest BCUT2D eigenvalue weighted by Crippen LogP contribution is 2.10. The van der Waals surface area contributed by atoms with Crippen LogP contribution >= 0.6 is 0 Å². The molecule has 0 aliphatic carbocycles. The third kappa shape index (κ3) is 1.63. The fourth-order valence-electron chi connectivity index (χ4n) is 0.981. The molecule has 1 aromatic rings. The molecular formula is C8H6O6. The summed E-state index contributed by atoms with van der Waals surface area (Å²) in [5.74, 6) is -3.48. The number of rotatable bonds is 2. The Kier molecular flexibility index (Phi) is 2.37. The van der Waals surface area contributed by atoms with E-state index in [1.54, 1.807) is 0 Å². The van der Waals surface area contributed by atoms with E-state index in [1.807, 2.05) is 0 Å². The first-order chi connectivity index (χ1) is 6.43. The largest absolute Gasteiger partial charge is 0.478 e. The first-order valence-electron chi connectivity index (χ1n) is 3.55.